The Labute approximate surface area is 159 Å². The molecule has 0 amide bonds. The van der Waals surface area contributed by atoms with Crippen molar-refractivity contribution in [1.82, 2.24) is 19.9 Å². The molecule has 0 atom stereocenters. The first-order chi connectivity index (χ1) is 13.3. The van der Waals surface area contributed by atoms with E-state index >= 15 is 0 Å². The van der Waals surface area contributed by atoms with E-state index in [0.29, 0.717) is 41.3 Å². The number of nitrogens with one attached hydrogen (secondary N) is 2. The fourth-order valence-corrected chi connectivity index (χ4v) is 2.19. The smallest absolute Gasteiger partial charge is 0.261 e. The van der Waals surface area contributed by atoms with Gasteiger partial charge in [-0.3, -0.25) is 4.55 Å². The molecule has 0 aliphatic carbocycles. The van der Waals surface area contributed by atoms with Crippen LogP contribution < -0.4 is 14.8 Å². The van der Waals surface area contributed by atoms with Crippen molar-refractivity contribution in [2.45, 2.75) is 6.54 Å². The number of aromatic amines is 1. The predicted octanol–water partition coefficient (Wildman–Crippen LogP) is 0.126. The summed E-state index contributed by atoms with van der Waals surface area (Å²) >= 11 is 0. The van der Waals surface area contributed by atoms with Crippen LogP contribution in [0.5, 0.6) is 11.5 Å². The Morgan fingerprint density at radius 2 is 1.86 bits per heavy atom. The maximum Gasteiger partial charge on any atom is 0.261 e. The lowest BCUT2D eigenvalue weighted by Crippen LogP contribution is -2.08. The normalized spacial score (nSPS) is 10.9. The van der Waals surface area contributed by atoms with Crippen molar-refractivity contribution in [1.29, 1.82) is 0 Å². The second-order valence-electron chi connectivity index (χ2n) is 5.20. The van der Waals surface area contributed by atoms with Crippen LogP contribution in [-0.2, 0) is 16.7 Å². The third-order valence-corrected chi connectivity index (χ3v) is 3.16. The number of ether oxygens (including phenoxy) is 2. The van der Waals surface area contributed by atoms with E-state index in [4.69, 9.17) is 24.2 Å². The van der Waals surface area contributed by atoms with E-state index in [2.05, 4.69) is 25.3 Å². The van der Waals surface area contributed by atoms with Crippen molar-refractivity contribution >= 4 is 27.1 Å². The van der Waals surface area contributed by atoms with Gasteiger partial charge in [0.05, 0.1) is 12.6 Å². The number of imidazole rings is 1. The molecule has 152 valence electrons. The van der Waals surface area contributed by atoms with Crippen LogP contribution in [0.1, 0.15) is 5.56 Å². The predicted molar refractivity (Wildman–Crippen MR) is 98.4 cm³/mol. The Hall–Kier alpha value is -3.00. The SMILES string of the molecule is CS(=O)(=O)O.OCOc1cccc(CNc2ncnc3nc[nH]c23)c1OCO. The minimum atomic E-state index is -3.67. The first-order valence-electron chi connectivity index (χ1n) is 7.73. The van der Waals surface area contributed by atoms with E-state index in [0.717, 1.165) is 5.56 Å². The van der Waals surface area contributed by atoms with Crippen molar-refractivity contribution < 1.29 is 32.7 Å². The number of benzene rings is 1. The number of hydrogen-bond donors (Lipinski definition) is 5. The van der Waals surface area contributed by atoms with Gasteiger partial charge in [-0.05, 0) is 6.07 Å². The molecular formula is C15H19N5O7S. The number of hydrogen-bond acceptors (Lipinski definition) is 10. The summed E-state index contributed by atoms with van der Waals surface area (Å²) in [5.74, 6) is 1.29. The van der Waals surface area contributed by atoms with Gasteiger partial charge in [-0.25, -0.2) is 15.0 Å². The standard InChI is InChI=1S/C14H15N5O4.CH4O3S/c20-7-22-10-3-1-2-9(12(10)23-8-21)4-15-13-11-14(17-5-16-11)19-6-18-13;1-5(2,3)4/h1-3,5-6,20-21H,4,7-8H2,(H2,15,16,17,18,19);1H3,(H,2,3,4). The number of aromatic nitrogens is 4. The number of aliphatic hydroxyl groups excluding tert-OH is 2. The molecule has 0 aliphatic rings. The van der Waals surface area contributed by atoms with Crippen LogP contribution in [0.3, 0.4) is 0 Å². The summed E-state index contributed by atoms with van der Waals surface area (Å²) in [6.45, 7) is -0.625. The molecule has 5 N–H and O–H groups in total. The van der Waals surface area contributed by atoms with Crippen LogP contribution in [0, 0.1) is 0 Å². The van der Waals surface area contributed by atoms with Crippen molar-refractivity contribution in [3.63, 3.8) is 0 Å². The van der Waals surface area contributed by atoms with Gasteiger partial charge in [0.25, 0.3) is 10.1 Å². The highest BCUT2D eigenvalue weighted by Gasteiger charge is 2.12. The van der Waals surface area contributed by atoms with E-state index in [1.807, 2.05) is 6.07 Å². The Balaban J connectivity index is 0.000000500. The highest BCUT2D eigenvalue weighted by Crippen LogP contribution is 2.32. The maximum atomic E-state index is 9.19. The molecule has 0 fully saturated rings. The minimum absolute atomic E-state index is 0.343. The Bertz CT molecular complexity index is 1000. The Morgan fingerprint density at radius 1 is 1.14 bits per heavy atom. The van der Waals surface area contributed by atoms with Crippen molar-refractivity contribution in [3.05, 3.63) is 36.4 Å². The lowest BCUT2D eigenvalue weighted by Gasteiger charge is -2.15. The summed E-state index contributed by atoms with van der Waals surface area (Å²) in [6.07, 6.45) is 3.68. The Morgan fingerprint density at radius 3 is 2.54 bits per heavy atom. The molecule has 0 unspecified atom stereocenters. The van der Waals surface area contributed by atoms with E-state index in [-0.39, 0.29) is 0 Å². The highest BCUT2D eigenvalue weighted by atomic mass is 32.2. The fourth-order valence-electron chi connectivity index (χ4n) is 2.19. The molecule has 0 bridgehead atoms. The average Bonchev–Trinajstić information content (AvgIpc) is 3.10. The van der Waals surface area contributed by atoms with E-state index in [1.165, 1.54) is 6.33 Å². The van der Waals surface area contributed by atoms with Gasteiger partial charge < -0.3 is 30.0 Å². The summed E-state index contributed by atoms with van der Waals surface area (Å²) in [7, 11) is -3.67. The van der Waals surface area contributed by atoms with Crippen LogP contribution >= 0.6 is 0 Å². The molecule has 12 nitrogen and oxygen atoms in total. The van der Waals surface area contributed by atoms with Gasteiger partial charge in [0.15, 0.2) is 36.5 Å². The van der Waals surface area contributed by atoms with Crippen LogP contribution in [0.15, 0.2) is 30.9 Å². The number of rotatable bonds is 7. The molecule has 2 heterocycles. The van der Waals surface area contributed by atoms with E-state index in [1.54, 1.807) is 18.5 Å². The molecule has 0 spiro atoms. The topological polar surface area (TPSA) is 180 Å². The molecule has 0 saturated heterocycles. The monoisotopic (exact) mass is 413 g/mol. The summed E-state index contributed by atoms with van der Waals surface area (Å²) in [6, 6.07) is 5.22. The Kier molecular flexibility index (Phi) is 7.45. The second kappa shape index (κ2) is 9.80. The molecule has 3 aromatic rings. The summed E-state index contributed by atoms with van der Waals surface area (Å²) < 4.78 is 36.2. The summed E-state index contributed by atoms with van der Waals surface area (Å²) in [5.41, 5.74) is 1.99. The molecule has 0 saturated carbocycles. The van der Waals surface area contributed by atoms with Gasteiger partial charge in [0.1, 0.15) is 11.8 Å². The third kappa shape index (κ3) is 6.31. The summed E-state index contributed by atoms with van der Waals surface area (Å²) in [4.78, 5) is 15.3. The lowest BCUT2D eigenvalue weighted by atomic mass is 10.2. The number of aliphatic hydroxyl groups is 2. The second-order valence-corrected chi connectivity index (χ2v) is 6.67. The van der Waals surface area contributed by atoms with Crippen molar-refractivity contribution in [2.75, 3.05) is 25.2 Å². The number of nitrogens with zero attached hydrogens (tertiary/aromatic N) is 3. The van der Waals surface area contributed by atoms with Crippen LogP contribution in [0.25, 0.3) is 11.2 Å². The highest BCUT2D eigenvalue weighted by molar-refractivity contribution is 7.85. The molecule has 1 aromatic carbocycles. The molecule has 28 heavy (non-hydrogen) atoms. The molecule has 13 heteroatoms. The zero-order valence-electron chi connectivity index (χ0n) is 14.7. The molecule has 0 radical (unpaired) electrons. The molecular weight excluding hydrogens is 394 g/mol. The zero-order valence-corrected chi connectivity index (χ0v) is 15.5. The van der Waals surface area contributed by atoms with Crippen LogP contribution in [0.4, 0.5) is 5.82 Å². The summed E-state index contributed by atoms with van der Waals surface area (Å²) in [5, 5.41) is 21.1. The van der Waals surface area contributed by atoms with Gasteiger partial charge in [0, 0.05) is 12.1 Å². The molecule has 3 rings (SSSR count). The van der Waals surface area contributed by atoms with E-state index in [9.17, 15) is 8.42 Å². The van der Waals surface area contributed by atoms with Crippen LogP contribution in [-0.4, -0.2) is 63.0 Å². The number of H-pyrrole nitrogens is 1. The van der Waals surface area contributed by atoms with Gasteiger partial charge in [0.2, 0.25) is 0 Å². The van der Waals surface area contributed by atoms with E-state index < -0.39 is 23.7 Å². The maximum absolute atomic E-state index is 9.19. The lowest BCUT2D eigenvalue weighted by molar-refractivity contribution is 0.0737. The number of fused-ring (bicyclic) bond motifs is 1. The molecule has 0 aliphatic heterocycles. The van der Waals surface area contributed by atoms with Crippen LogP contribution in [0.2, 0.25) is 0 Å². The van der Waals surface area contributed by atoms with Gasteiger partial charge in [-0.15, -0.1) is 0 Å². The van der Waals surface area contributed by atoms with Gasteiger partial charge in [-0.2, -0.15) is 8.42 Å². The fraction of sp³-hybridized carbons (Fsp3) is 0.267. The first kappa shape index (κ1) is 21.3. The largest absolute Gasteiger partial charge is 0.464 e. The molecule has 2 aromatic heterocycles. The minimum Gasteiger partial charge on any atom is -0.464 e. The van der Waals surface area contributed by atoms with Crippen molar-refractivity contribution in [2.24, 2.45) is 0 Å². The first-order valence-corrected chi connectivity index (χ1v) is 9.58. The van der Waals surface area contributed by atoms with Gasteiger partial charge >= 0.3 is 0 Å². The number of anilines is 1. The average molecular weight is 413 g/mol. The third-order valence-electron chi connectivity index (χ3n) is 3.16. The van der Waals surface area contributed by atoms with Crippen molar-refractivity contribution in [3.8, 4) is 11.5 Å². The van der Waals surface area contributed by atoms with Gasteiger partial charge in [-0.1, -0.05) is 12.1 Å². The number of para-hydroxylation sites is 1. The zero-order chi connectivity index (χ0) is 20.6. The quantitative estimate of drug-likeness (QED) is 0.262.